The van der Waals surface area contributed by atoms with Gasteiger partial charge in [-0.15, -0.1) is 0 Å². The van der Waals surface area contributed by atoms with Gasteiger partial charge in [0.05, 0.1) is 5.69 Å². The van der Waals surface area contributed by atoms with Crippen LogP contribution < -0.4 is 15.8 Å². The summed E-state index contributed by atoms with van der Waals surface area (Å²) < 4.78 is 26.6. The van der Waals surface area contributed by atoms with Gasteiger partial charge in [-0.2, -0.15) is 0 Å². The molecule has 0 saturated heterocycles. The fraction of sp³-hybridized carbons (Fsp3) is 0.571. The average Bonchev–Trinajstić information content (AvgIpc) is 2.71. The van der Waals surface area contributed by atoms with E-state index >= 15 is 0 Å². The predicted octanol–water partition coefficient (Wildman–Crippen LogP) is 2.17. The lowest BCUT2D eigenvalue weighted by molar-refractivity contribution is 0.349. The SMILES string of the molecule is CNS(=O)(=O)c1cc(N)ccc1NC1CCCC1(C)C. The van der Waals surface area contributed by atoms with Gasteiger partial charge < -0.3 is 11.1 Å². The van der Waals surface area contributed by atoms with Crippen molar-refractivity contribution in [2.75, 3.05) is 18.1 Å². The average molecular weight is 297 g/mol. The molecule has 1 aromatic rings. The highest BCUT2D eigenvalue weighted by Crippen LogP contribution is 2.40. The van der Waals surface area contributed by atoms with Crippen LogP contribution in [0.2, 0.25) is 0 Å². The molecule has 4 N–H and O–H groups in total. The molecule has 0 aromatic heterocycles. The van der Waals surface area contributed by atoms with Crippen LogP contribution >= 0.6 is 0 Å². The molecule has 0 amide bonds. The molecule has 0 heterocycles. The lowest BCUT2D eigenvalue weighted by Crippen LogP contribution is -2.32. The minimum absolute atomic E-state index is 0.169. The molecule has 20 heavy (non-hydrogen) atoms. The Morgan fingerprint density at radius 3 is 2.60 bits per heavy atom. The van der Waals surface area contributed by atoms with Crippen LogP contribution in [0.4, 0.5) is 11.4 Å². The van der Waals surface area contributed by atoms with Crippen LogP contribution in [0.25, 0.3) is 0 Å². The van der Waals surface area contributed by atoms with E-state index in [0.717, 1.165) is 19.3 Å². The molecule has 2 rings (SSSR count). The Balaban J connectivity index is 2.38. The number of benzene rings is 1. The molecule has 1 aliphatic carbocycles. The third kappa shape index (κ3) is 2.91. The van der Waals surface area contributed by atoms with Crippen molar-refractivity contribution < 1.29 is 8.42 Å². The van der Waals surface area contributed by atoms with Crippen LogP contribution in [0.1, 0.15) is 33.1 Å². The van der Waals surface area contributed by atoms with Crippen molar-refractivity contribution in [1.29, 1.82) is 0 Å². The van der Waals surface area contributed by atoms with E-state index in [2.05, 4.69) is 23.9 Å². The first-order valence-corrected chi connectivity index (χ1v) is 8.34. The summed E-state index contributed by atoms with van der Waals surface area (Å²) in [7, 11) is -2.12. The molecule has 112 valence electrons. The zero-order chi connectivity index (χ0) is 15.0. The van der Waals surface area contributed by atoms with Crippen molar-refractivity contribution in [2.24, 2.45) is 5.41 Å². The zero-order valence-electron chi connectivity index (χ0n) is 12.2. The molecule has 1 aromatic carbocycles. The topological polar surface area (TPSA) is 84.2 Å². The van der Waals surface area contributed by atoms with Crippen LogP contribution in [0.15, 0.2) is 23.1 Å². The maximum absolute atomic E-state index is 12.1. The Hall–Kier alpha value is -1.27. The van der Waals surface area contributed by atoms with Gasteiger partial charge in [0.1, 0.15) is 4.90 Å². The van der Waals surface area contributed by atoms with Gasteiger partial charge in [-0.3, -0.25) is 0 Å². The molecule has 0 bridgehead atoms. The Morgan fingerprint density at radius 1 is 1.35 bits per heavy atom. The van der Waals surface area contributed by atoms with E-state index in [9.17, 15) is 8.42 Å². The summed E-state index contributed by atoms with van der Waals surface area (Å²) >= 11 is 0. The van der Waals surface area contributed by atoms with Crippen LogP contribution in [0.3, 0.4) is 0 Å². The molecule has 1 unspecified atom stereocenters. The molecular weight excluding hydrogens is 274 g/mol. The first-order valence-electron chi connectivity index (χ1n) is 6.86. The van der Waals surface area contributed by atoms with Crippen molar-refractivity contribution in [3.05, 3.63) is 18.2 Å². The van der Waals surface area contributed by atoms with Gasteiger partial charge in [0.2, 0.25) is 10.0 Å². The van der Waals surface area contributed by atoms with Gasteiger partial charge in [-0.05, 0) is 43.5 Å². The normalized spacial score (nSPS) is 21.9. The monoisotopic (exact) mass is 297 g/mol. The van der Waals surface area contributed by atoms with Crippen LogP contribution in [0, 0.1) is 5.41 Å². The van der Waals surface area contributed by atoms with Crippen LogP contribution in [-0.2, 0) is 10.0 Å². The molecular formula is C14H23N3O2S. The van der Waals surface area contributed by atoms with Gasteiger partial charge in [0.25, 0.3) is 0 Å². The summed E-state index contributed by atoms with van der Waals surface area (Å²) in [4.78, 5) is 0.211. The summed E-state index contributed by atoms with van der Waals surface area (Å²) in [5, 5.41) is 3.39. The number of nitrogens with one attached hydrogen (secondary N) is 2. The highest BCUT2D eigenvalue weighted by Gasteiger charge is 2.35. The highest BCUT2D eigenvalue weighted by molar-refractivity contribution is 7.89. The van der Waals surface area contributed by atoms with Crippen LogP contribution in [0.5, 0.6) is 0 Å². The molecule has 0 aliphatic heterocycles. The minimum atomic E-state index is -3.52. The molecule has 6 heteroatoms. The largest absolute Gasteiger partial charge is 0.399 e. The molecule has 1 saturated carbocycles. The second-order valence-electron chi connectivity index (χ2n) is 6.04. The van der Waals surface area contributed by atoms with Gasteiger partial charge in [0.15, 0.2) is 0 Å². The Kier molecular flexibility index (Phi) is 3.97. The second kappa shape index (κ2) is 5.26. The quantitative estimate of drug-likeness (QED) is 0.744. The van der Waals surface area contributed by atoms with Crippen molar-refractivity contribution in [1.82, 2.24) is 4.72 Å². The summed E-state index contributed by atoms with van der Waals surface area (Å²) in [5.41, 5.74) is 6.95. The van der Waals surface area contributed by atoms with E-state index in [1.165, 1.54) is 13.1 Å². The number of rotatable bonds is 4. The lowest BCUT2D eigenvalue weighted by atomic mass is 9.87. The van der Waals surface area contributed by atoms with Crippen molar-refractivity contribution in [2.45, 2.75) is 44.0 Å². The number of hydrogen-bond acceptors (Lipinski definition) is 4. The number of hydrogen-bond donors (Lipinski definition) is 3. The maximum atomic E-state index is 12.1. The molecule has 0 spiro atoms. The van der Waals surface area contributed by atoms with Gasteiger partial charge in [-0.1, -0.05) is 20.3 Å². The predicted molar refractivity (Wildman–Crippen MR) is 82.1 cm³/mol. The second-order valence-corrected chi connectivity index (χ2v) is 7.90. The molecule has 1 atom stereocenters. The third-order valence-electron chi connectivity index (χ3n) is 4.15. The first-order chi connectivity index (χ1) is 9.26. The van der Waals surface area contributed by atoms with Gasteiger partial charge in [0, 0.05) is 11.7 Å². The molecule has 5 nitrogen and oxygen atoms in total. The number of anilines is 2. The third-order valence-corrected chi connectivity index (χ3v) is 5.61. The van der Waals surface area contributed by atoms with Crippen molar-refractivity contribution in [3.63, 3.8) is 0 Å². The Bertz CT molecular complexity index is 596. The Labute approximate surface area is 121 Å². The smallest absolute Gasteiger partial charge is 0.242 e. The zero-order valence-corrected chi connectivity index (χ0v) is 13.0. The molecule has 1 aliphatic rings. The van der Waals surface area contributed by atoms with E-state index in [1.807, 2.05) is 0 Å². The fourth-order valence-electron chi connectivity index (χ4n) is 2.77. The Morgan fingerprint density at radius 2 is 2.05 bits per heavy atom. The number of sulfonamides is 1. The number of nitrogen functional groups attached to an aromatic ring is 1. The van der Waals surface area contributed by atoms with Gasteiger partial charge in [-0.25, -0.2) is 13.1 Å². The molecule has 0 radical (unpaired) electrons. The summed E-state index contributed by atoms with van der Waals surface area (Å²) in [6.45, 7) is 4.42. The standard InChI is InChI=1S/C14H23N3O2S/c1-14(2)8-4-5-13(14)17-11-7-6-10(15)9-12(11)20(18,19)16-3/h6-7,9,13,16-17H,4-5,8,15H2,1-3H3. The van der Waals surface area contributed by atoms with E-state index < -0.39 is 10.0 Å². The minimum Gasteiger partial charge on any atom is -0.399 e. The van der Waals surface area contributed by atoms with Crippen molar-refractivity contribution >= 4 is 21.4 Å². The lowest BCUT2D eigenvalue weighted by Gasteiger charge is -2.29. The number of nitrogens with two attached hydrogens (primary N) is 1. The summed E-state index contributed by atoms with van der Waals surface area (Å²) in [6.07, 6.45) is 3.36. The first kappa shape index (κ1) is 15.1. The molecule has 1 fully saturated rings. The van der Waals surface area contributed by atoms with Gasteiger partial charge >= 0.3 is 0 Å². The van der Waals surface area contributed by atoms with Crippen LogP contribution in [-0.4, -0.2) is 21.5 Å². The van der Waals surface area contributed by atoms with Crippen molar-refractivity contribution in [3.8, 4) is 0 Å². The highest BCUT2D eigenvalue weighted by atomic mass is 32.2. The summed E-state index contributed by atoms with van der Waals surface area (Å²) in [6, 6.07) is 5.24. The van der Waals surface area contributed by atoms with E-state index in [4.69, 9.17) is 5.73 Å². The maximum Gasteiger partial charge on any atom is 0.242 e. The van der Waals surface area contributed by atoms with E-state index in [-0.39, 0.29) is 16.4 Å². The summed E-state index contributed by atoms with van der Waals surface area (Å²) in [5.74, 6) is 0. The van der Waals surface area contributed by atoms with E-state index in [0.29, 0.717) is 11.4 Å². The fourth-order valence-corrected chi connectivity index (χ4v) is 3.70. The van der Waals surface area contributed by atoms with E-state index in [1.54, 1.807) is 12.1 Å².